The Labute approximate surface area is 175 Å². The first-order valence-electron chi connectivity index (χ1n) is 9.02. The lowest BCUT2D eigenvalue weighted by Crippen LogP contribution is -1.91. The van der Waals surface area contributed by atoms with Crippen molar-refractivity contribution >= 4 is 56.6 Å². The maximum absolute atomic E-state index is 11.3. The number of aromatic nitrogens is 2. The molecule has 0 unspecified atom stereocenters. The average Bonchev–Trinajstić information content (AvgIpc) is 3.36. The molecule has 3 heterocycles. The smallest absolute Gasteiger partial charge is 0.150 e. The largest absolute Gasteiger partial charge is 0.397 e. The van der Waals surface area contributed by atoms with Crippen LogP contribution in [0.5, 0.6) is 0 Å². The SMILES string of the molecule is CCCCSc1sc2nc(-c3nccs3)cc(-c3cccc(C=O)c3)c2c1N. The number of hydrogen-bond acceptors (Lipinski definition) is 7. The molecule has 0 radical (unpaired) electrons. The topological polar surface area (TPSA) is 68.9 Å². The molecule has 0 aliphatic rings. The number of carbonyl (C=O) groups excluding carboxylic acids is 1. The van der Waals surface area contributed by atoms with Gasteiger partial charge in [-0.2, -0.15) is 0 Å². The molecule has 0 fully saturated rings. The van der Waals surface area contributed by atoms with E-state index in [0.717, 1.165) is 66.8 Å². The number of rotatable bonds is 7. The van der Waals surface area contributed by atoms with Crippen LogP contribution in [0.15, 0.2) is 46.1 Å². The second-order valence-electron chi connectivity index (χ2n) is 6.32. The molecule has 2 N–H and O–H groups in total. The Kier molecular flexibility index (Phi) is 5.75. The van der Waals surface area contributed by atoms with Crippen LogP contribution < -0.4 is 5.73 Å². The molecule has 4 aromatic rings. The van der Waals surface area contributed by atoms with Crippen LogP contribution in [0.25, 0.3) is 32.0 Å². The van der Waals surface area contributed by atoms with Crippen molar-refractivity contribution in [3.63, 3.8) is 0 Å². The molecular weight excluding hydrogens is 406 g/mol. The van der Waals surface area contributed by atoms with Crippen LogP contribution in [0.2, 0.25) is 0 Å². The molecule has 4 nitrogen and oxygen atoms in total. The van der Waals surface area contributed by atoms with Gasteiger partial charge < -0.3 is 5.73 Å². The molecule has 0 aliphatic carbocycles. The first-order chi connectivity index (χ1) is 13.7. The minimum absolute atomic E-state index is 0.643. The number of unbranched alkanes of at least 4 members (excludes halogenated alkanes) is 1. The summed E-state index contributed by atoms with van der Waals surface area (Å²) in [5, 5.41) is 3.79. The van der Waals surface area contributed by atoms with Gasteiger partial charge in [-0.15, -0.1) is 34.4 Å². The predicted molar refractivity (Wildman–Crippen MR) is 122 cm³/mol. The fourth-order valence-electron chi connectivity index (χ4n) is 2.98. The van der Waals surface area contributed by atoms with Crippen molar-refractivity contribution in [3.05, 3.63) is 47.5 Å². The maximum atomic E-state index is 11.3. The van der Waals surface area contributed by atoms with E-state index in [1.165, 1.54) is 0 Å². The number of carbonyl (C=O) groups is 1. The van der Waals surface area contributed by atoms with Gasteiger partial charge in [-0.05, 0) is 35.4 Å². The highest BCUT2D eigenvalue weighted by Gasteiger charge is 2.18. The summed E-state index contributed by atoms with van der Waals surface area (Å²) in [6.07, 6.45) is 4.97. The fourth-order valence-corrected chi connectivity index (χ4v) is 6.03. The van der Waals surface area contributed by atoms with Crippen molar-refractivity contribution < 1.29 is 4.79 Å². The van der Waals surface area contributed by atoms with E-state index in [4.69, 9.17) is 10.7 Å². The average molecular weight is 426 g/mol. The van der Waals surface area contributed by atoms with Crippen LogP contribution >= 0.6 is 34.4 Å². The Morgan fingerprint density at radius 2 is 2.18 bits per heavy atom. The zero-order chi connectivity index (χ0) is 19.5. The van der Waals surface area contributed by atoms with Crippen LogP contribution in [0.1, 0.15) is 30.1 Å². The highest BCUT2D eigenvalue weighted by Crippen LogP contribution is 2.45. The van der Waals surface area contributed by atoms with E-state index in [1.54, 1.807) is 46.7 Å². The van der Waals surface area contributed by atoms with E-state index in [1.807, 2.05) is 29.6 Å². The fraction of sp³-hybridized carbons (Fsp3) is 0.190. The number of thiazole rings is 1. The molecule has 28 heavy (non-hydrogen) atoms. The molecule has 0 spiro atoms. The molecule has 4 rings (SSSR count). The van der Waals surface area contributed by atoms with Gasteiger partial charge in [0.2, 0.25) is 0 Å². The van der Waals surface area contributed by atoms with Gasteiger partial charge in [0, 0.05) is 22.5 Å². The summed E-state index contributed by atoms with van der Waals surface area (Å²) in [6, 6.07) is 9.64. The van der Waals surface area contributed by atoms with E-state index >= 15 is 0 Å². The molecule has 0 atom stereocenters. The Morgan fingerprint density at radius 1 is 1.29 bits per heavy atom. The van der Waals surface area contributed by atoms with Gasteiger partial charge in [0.15, 0.2) is 0 Å². The number of fused-ring (bicyclic) bond motifs is 1. The first-order valence-corrected chi connectivity index (χ1v) is 11.7. The Hall–Kier alpha value is -2.22. The monoisotopic (exact) mass is 425 g/mol. The number of nitrogens with two attached hydrogens (primary N) is 1. The van der Waals surface area contributed by atoms with Crippen molar-refractivity contribution in [1.29, 1.82) is 0 Å². The normalized spacial score (nSPS) is 11.2. The molecule has 142 valence electrons. The van der Waals surface area contributed by atoms with E-state index in [9.17, 15) is 4.79 Å². The van der Waals surface area contributed by atoms with Crippen LogP contribution in [-0.4, -0.2) is 22.0 Å². The van der Waals surface area contributed by atoms with Gasteiger partial charge in [0.05, 0.1) is 9.90 Å². The number of pyridine rings is 1. The maximum Gasteiger partial charge on any atom is 0.150 e. The molecule has 0 saturated heterocycles. The van der Waals surface area contributed by atoms with Crippen molar-refractivity contribution in [2.24, 2.45) is 0 Å². The molecule has 3 aromatic heterocycles. The Morgan fingerprint density at radius 3 is 2.93 bits per heavy atom. The second kappa shape index (κ2) is 8.43. The molecule has 0 amide bonds. The number of nitrogens with zero attached hydrogens (tertiary/aromatic N) is 2. The zero-order valence-electron chi connectivity index (χ0n) is 15.3. The minimum atomic E-state index is 0.643. The predicted octanol–water partition coefficient (Wildman–Crippen LogP) is 6.37. The highest BCUT2D eigenvalue weighted by atomic mass is 32.2. The third-order valence-electron chi connectivity index (χ3n) is 4.38. The summed E-state index contributed by atoms with van der Waals surface area (Å²) in [7, 11) is 0. The minimum Gasteiger partial charge on any atom is -0.397 e. The summed E-state index contributed by atoms with van der Waals surface area (Å²) in [4.78, 5) is 21.5. The lowest BCUT2D eigenvalue weighted by atomic mass is 10.0. The third kappa shape index (κ3) is 3.70. The van der Waals surface area contributed by atoms with Crippen LogP contribution in [0.3, 0.4) is 0 Å². The summed E-state index contributed by atoms with van der Waals surface area (Å²) in [5.74, 6) is 1.04. The van der Waals surface area contributed by atoms with Gasteiger partial charge in [-0.3, -0.25) is 4.79 Å². The highest BCUT2D eigenvalue weighted by molar-refractivity contribution is 8.01. The van der Waals surface area contributed by atoms with Crippen molar-refractivity contribution in [3.8, 4) is 21.8 Å². The number of thiophene rings is 1. The quantitative estimate of drug-likeness (QED) is 0.211. The number of hydrogen-bond donors (Lipinski definition) is 1. The Balaban J connectivity index is 1.92. The third-order valence-corrected chi connectivity index (χ3v) is 7.65. The summed E-state index contributed by atoms with van der Waals surface area (Å²) in [6.45, 7) is 2.19. The lowest BCUT2D eigenvalue weighted by Gasteiger charge is -2.08. The van der Waals surface area contributed by atoms with Crippen molar-refractivity contribution in [2.75, 3.05) is 11.5 Å². The standard InChI is InChI=1S/C21H19N3OS3/c1-2-3-8-27-21-18(22)17-15(14-6-4-5-13(10-14)12-25)11-16(24-20(17)28-21)19-23-7-9-26-19/h4-7,9-12H,2-3,8,22H2,1H3. The summed E-state index contributed by atoms with van der Waals surface area (Å²) in [5.41, 5.74) is 10.8. The van der Waals surface area contributed by atoms with Crippen LogP contribution in [0, 0.1) is 0 Å². The number of anilines is 1. The van der Waals surface area contributed by atoms with E-state index in [0.29, 0.717) is 5.56 Å². The van der Waals surface area contributed by atoms with Gasteiger partial charge >= 0.3 is 0 Å². The number of thioether (sulfide) groups is 1. The van der Waals surface area contributed by atoms with E-state index in [-0.39, 0.29) is 0 Å². The molecule has 0 aliphatic heterocycles. The zero-order valence-corrected chi connectivity index (χ0v) is 17.8. The van der Waals surface area contributed by atoms with Gasteiger partial charge in [0.1, 0.15) is 21.8 Å². The molecule has 1 aromatic carbocycles. The van der Waals surface area contributed by atoms with E-state index in [2.05, 4.69) is 11.9 Å². The number of aldehydes is 1. The number of benzene rings is 1. The van der Waals surface area contributed by atoms with Gasteiger partial charge in [-0.25, -0.2) is 9.97 Å². The molecular formula is C21H19N3OS3. The van der Waals surface area contributed by atoms with Crippen molar-refractivity contribution in [1.82, 2.24) is 9.97 Å². The lowest BCUT2D eigenvalue weighted by molar-refractivity contribution is 0.112. The van der Waals surface area contributed by atoms with Gasteiger partial charge in [0.25, 0.3) is 0 Å². The van der Waals surface area contributed by atoms with Crippen LogP contribution in [0.4, 0.5) is 5.69 Å². The summed E-state index contributed by atoms with van der Waals surface area (Å²) >= 11 is 5.00. The molecule has 0 saturated carbocycles. The molecule has 7 heteroatoms. The van der Waals surface area contributed by atoms with Gasteiger partial charge in [-0.1, -0.05) is 31.5 Å². The number of nitrogen functional groups attached to an aromatic ring is 1. The van der Waals surface area contributed by atoms with Crippen LogP contribution in [-0.2, 0) is 0 Å². The first kappa shape index (κ1) is 19.1. The Bertz CT molecular complexity index is 1120. The molecule has 0 bridgehead atoms. The van der Waals surface area contributed by atoms with Crippen molar-refractivity contribution in [2.45, 2.75) is 24.0 Å². The van der Waals surface area contributed by atoms with E-state index < -0.39 is 0 Å². The summed E-state index contributed by atoms with van der Waals surface area (Å²) < 4.78 is 1.11. The second-order valence-corrected chi connectivity index (χ2v) is 9.58.